The number of halogens is 3. The van der Waals surface area contributed by atoms with Crippen molar-refractivity contribution in [2.75, 3.05) is 4.72 Å². The quantitative estimate of drug-likeness (QED) is 0.913. The Balaban J connectivity index is 2.44. The van der Waals surface area contributed by atoms with Gasteiger partial charge in [-0.1, -0.05) is 17.7 Å². The third-order valence-corrected chi connectivity index (χ3v) is 4.02. The van der Waals surface area contributed by atoms with Crippen LogP contribution in [0.4, 0.5) is 14.5 Å². The standard InChI is InChI=1S/C12H8ClF2NO3S/c13-10-4-7(14)5-11(15)12(10)16-20(18,19)9-3-1-2-8(17)6-9/h1-6,16-17H. The number of sulfonamides is 1. The van der Waals surface area contributed by atoms with Gasteiger partial charge in [-0.2, -0.15) is 0 Å². The van der Waals surface area contributed by atoms with Gasteiger partial charge in [-0.3, -0.25) is 4.72 Å². The first kappa shape index (κ1) is 14.5. The number of hydrogen-bond acceptors (Lipinski definition) is 3. The molecule has 0 radical (unpaired) electrons. The van der Waals surface area contributed by atoms with Gasteiger partial charge in [-0.25, -0.2) is 17.2 Å². The van der Waals surface area contributed by atoms with Crippen LogP contribution < -0.4 is 4.72 Å². The molecule has 0 saturated heterocycles. The van der Waals surface area contributed by atoms with Crippen LogP contribution in [0.2, 0.25) is 5.02 Å². The zero-order valence-electron chi connectivity index (χ0n) is 9.77. The summed E-state index contributed by atoms with van der Waals surface area (Å²) < 4.78 is 52.3. The van der Waals surface area contributed by atoms with E-state index < -0.39 is 32.4 Å². The van der Waals surface area contributed by atoms with Gasteiger partial charge >= 0.3 is 0 Å². The molecule has 2 rings (SSSR count). The predicted octanol–water partition coefficient (Wildman–Crippen LogP) is 3.12. The third kappa shape index (κ3) is 3.00. The predicted molar refractivity (Wildman–Crippen MR) is 70.3 cm³/mol. The summed E-state index contributed by atoms with van der Waals surface area (Å²) in [5.41, 5.74) is -0.559. The van der Waals surface area contributed by atoms with Crippen LogP contribution in [0.25, 0.3) is 0 Å². The highest BCUT2D eigenvalue weighted by Crippen LogP contribution is 2.29. The molecule has 0 saturated carbocycles. The molecule has 4 nitrogen and oxygen atoms in total. The van der Waals surface area contributed by atoms with E-state index in [4.69, 9.17) is 11.6 Å². The van der Waals surface area contributed by atoms with E-state index in [2.05, 4.69) is 0 Å². The molecule has 0 bridgehead atoms. The van der Waals surface area contributed by atoms with E-state index in [0.29, 0.717) is 6.07 Å². The number of aromatic hydroxyl groups is 1. The number of anilines is 1. The lowest BCUT2D eigenvalue weighted by atomic mass is 10.3. The average Bonchev–Trinajstić information content (AvgIpc) is 2.34. The van der Waals surface area contributed by atoms with Crippen LogP contribution in [0.3, 0.4) is 0 Å². The first-order valence-electron chi connectivity index (χ1n) is 5.26. The van der Waals surface area contributed by atoms with E-state index in [1.165, 1.54) is 18.2 Å². The minimum absolute atomic E-state index is 0.265. The van der Waals surface area contributed by atoms with Crippen LogP contribution in [0.5, 0.6) is 5.75 Å². The highest BCUT2D eigenvalue weighted by atomic mass is 35.5. The maximum absolute atomic E-state index is 13.5. The lowest BCUT2D eigenvalue weighted by molar-refractivity contribution is 0.473. The van der Waals surface area contributed by atoms with Crippen molar-refractivity contribution in [3.63, 3.8) is 0 Å². The van der Waals surface area contributed by atoms with Crippen molar-refractivity contribution in [1.82, 2.24) is 0 Å². The van der Waals surface area contributed by atoms with E-state index in [-0.39, 0.29) is 10.6 Å². The van der Waals surface area contributed by atoms with Gasteiger partial charge in [0.05, 0.1) is 9.92 Å². The molecular formula is C12H8ClF2NO3S. The van der Waals surface area contributed by atoms with Crippen molar-refractivity contribution in [3.05, 3.63) is 53.1 Å². The zero-order valence-corrected chi connectivity index (χ0v) is 11.3. The number of phenols is 1. The van der Waals surface area contributed by atoms with Gasteiger partial charge in [0.25, 0.3) is 10.0 Å². The van der Waals surface area contributed by atoms with E-state index in [1.54, 1.807) is 0 Å². The Labute approximate surface area is 118 Å². The largest absolute Gasteiger partial charge is 0.508 e. The van der Waals surface area contributed by atoms with Crippen LogP contribution >= 0.6 is 11.6 Å². The number of benzene rings is 2. The Morgan fingerprint density at radius 3 is 2.45 bits per heavy atom. The Kier molecular flexibility index (Phi) is 3.82. The Morgan fingerprint density at radius 2 is 1.85 bits per heavy atom. The Morgan fingerprint density at radius 1 is 1.15 bits per heavy atom. The molecule has 20 heavy (non-hydrogen) atoms. The molecule has 0 atom stereocenters. The van der Waals surface area contributed by atoms with Gasteiger partial charge in [0.2, 0.25) is 0 Å². The van der Waals surface area contributed by atoms with Gasteiger partial charge in [-0.05, 0) is 18.2 Å². The summed E-state index contributed by atoms with van der Waals surface area (Å²) in [5.74, 6) is -2.33. The summed E-state index contributed by atoms with van der Waals surface area (Å²) in [4.78, 5) is -0.280. The summed E-state index contributed by atoms with van der Waals surface area (Å²) in [6.45, 7) is 0. The number of hydrogen-bond donors (Lipinski definition) is 2. The monoisotopic (exact) mass is 319 g/mol. The molecule has 2 aromatic rings. The van der Waals surface area contributed by atoms with E-state index in [1.807, 2.05) is 4.72 Å². The van der Waals surface area contributed by atoms with Crippen LogP contribution in [0, 0.1) is 11.6 Å². The topological polar surface area (TPSA) is 66.4 Å². The van der Waals surface area contributed by atoms with E-state index in [0.717, 1.165) is 12.1 Å². The third-order valence-electron chi connectivity index (χ3n) is 2.37. The first-order valence-corrected chi connectivity index (χ1v) is 7.12. The average molecular weight is 320 g/mol. The van der Waals surface area contributed by atoms with Crippen molar-refractivity contribution >= 4 is 27.3 Å². The number of nitrogens with one attached hydrogen (secondary N) is 1. The molecule has 0 spiro atoms. The fourth-order valence-electron chi connectivity index (χ4n) is 1.48. The second kappa shape index (κ2) is 5.26. The Hall–Kier alpha value is -1.86. The van der Waals surface area contributed by atoms with Crippen LogP contribution in [-0.2, 0) is 10.0 Å². The van der Waals surface area contributed by atoms with Gasteiger partial charge in [0.1, 0.15) is 17.3 Å². The van der Waals surface area contributed by atoms with Crippen LogP contribution in [-0.4, -0.2) is 13.5 Å². The van der Waals surface area contributed by atoms with Gasteiger partial charge < -0.3 is 5.11 Å². The minimum Gasteiger partial charge on any atom is -0.508 e. The van der Waals surface area contributed by atoms with Crippen molar-refractivity contribution in [3.8, 4) is 5.75 Å². The van der Waals surface area contributed by atoms with E-state index in [9.17, 15) is 22.3 Å². The normalized spacial score (nSPS) is 11.3. The summed E-state index contributed by atoms with van der Waals surface area (Å²) >= 11 is 5.60. The molecule has 2 aromatic carbocycles. The van der Waals surface area contributed by atoms with Gasteiger partial charge in [0, 0.05) is 12.1 Å². The highest BCUT2D eigenvalue weighted by molar-refractivity contribution is 7.92. The molecule has 0 aliphatic heterocycles. The molecule has 0 aromatic heterocycles. The fraction of sp³-hybridized carbons (Fsp3) is 0. The molecule has 106 valence electrons. The maximum atomic E-state index is 13.5. The van der Waals surface area contributed by atoms with Crippen molar-refractivity contribution in [1.29, 1.82) is 0 Å². The SMILES string of the molecule is O=S(=O)(Nc1c(F)cc(F)cc1Cl)c1cccc(O)c1. The van der Waals surface area contributed by atoms with Crippen LogP contribution in [0.1, 0.15) is 0 Å². The fourth-order valence-corrected chi connectivity index (χ4v) is 2.91. The molecule has 0 aliphatic rings. The van der Waals surface area contributed by atoms with Gasteiger partial charge in [0.15, 0.2) is 5.82 Å². The molecule has 0 amide bonds. The van der Waals surface area contributed by atoms with Crippen molar-refractivity contribution < 1.29 is 22.3 Å². The van der Waals surface area contributed by atoms with Crippen molar-refractivity contribution in [2.45, 2.75) is 4.90 Å². The molecule has 0 unspecified atom stereocenters. The number of rotatable bonds is 3. The lowest BCUT2D eigenvalue weighted by Crippen LogP contribution is -2.14. The zero-order chi connectivity index (χ0) is 14.9. The molecule has 0 aliphatic carbocycles. The minimum atomic E-state index is -4.15. The molecular weight excluding hydrogens is 312 g/mol. The Bertz CT molecular complexity index is 742. The van der Waals surface area contributed by atoms with Crippen LogP contribution in [0.15, 0.2) is 41.3 Å². The van der Waals surface area contributed by atoms with Crippen molar-refractivity contribution in [2.24, 2.45) is 0 Å². The molecule has 8 heteroatoms. The summed E-state index contributed by atoms with van der Waals surface area (Å²) in [7, 11) is -4.15. The maximum Gasteiger partial charge on any atom is 0.262 e. The second-order valence-corrected chi connectivity index (χ2v) is 5.94. The second-order valence-electron chi connectivity index (χ2n) is 3.85. The lowest BCUT2D eigenvalue weighted by Gasteiger charge is -2.10. The molecule has 0 heterocycles. The first-order chi connectivity index (χ1) is 9.29. The summed E-state index contributed by atoms with van der Waals surface area (Å²) in [5, 5.41) is 8.84. The summed E-state index contributed by atoms with van der Waals surface area (Å²) in [6, 6.07) is 6.07. The van der Waals surface area contributed by atoms with E-state index >= 15 is 0 Å². The number of phenolic OH excluding ortho intramolecular Hbond substituents is 1. The summed E-state index contributed by atoms with van der Waals surface area (Å²) in [6.07, 6.45) is 0. The van der Waals surface area contributed by atoms with Gasteiger partial charge in [-0.15, -0.1) is 0 Å². The highest BCUT2D eigenvalue weighted by Gasteiger charge is 2.19. The smallest absolute Gasteiger partial charge is 0.262 e. The molecule has 0 fully saturated rings. The molecule has 2 N–H and O–H groups in total.